The van der Waals surface area contributed by atoms with Gasteiger partial charge in [-0.3, -0.25) is 4.90 Å². The summed E-state index contributed by atoms with van der Waals surface area (Å²) in [5, 5.41) is 5.63. The van der Waals surface area contributed by atoms with E-state index in [0.29, 0.717) is 36.8 Å². The van der Waals surface area contributed by atoms with Crippen LogP contribution in [0.4, 0.5) is 4.79 Å². The van der Waals surface area contributed by atoms with Crippen LogP contribution < -0.4 is 15.4 Å². The van der Waals surface area contributed by atoms with Gasteiger partial charge in [-0.2, -0.15) is 0 Å². The Bertz CT molecular complexity index is 711. The molecule has 0 radical (unpaired) electrons. The standard InChI is InChI=1S/C19H25N3O5/c1-3-27-18(23)16-15(12-22-8-10-26-11-9-22)20-19(24)21-17(16)13-4-6-14(25-2)7-5-13/h4-7,17H,3,8-12H2,1-2H3,(H2,20,21,24). The first kappa shape index (κ1) is 19.2. The number of nitrogens with one attached hydrogen (secondary N) is 2. The molecule has 2 aliphatic rings. The largest absolute Gasteiger partial charge is 0.497 e. The number of rotatable bonds is 6. The summed E-state index contributed by atoms with van der Waals surface area (Å²) in [4.78, 5) is 27.1. The van der Waals surface area contributed by atoms with Gasteiger partial charge in [0.05, 0.1) is 38.5 Å². The first-order valence-electron chi connectivity index (χ1n) is 9.04. The van der Waals surface area contributed by atoms with Crippen LogP contribution in [0.25, 0.3) is 0 Å². The number of nitrogens with zero attached hydrogens (tertiary/aromatic N) is 1. The summed E-state index contributed by atoms with van der Waals surface area (Å²) in [6.45, 7) is 5.24. The molecule has 0 saturated carbocycles. The molecule has 1 saturated heterocycles. The van der Waals surface area contributed by atoms with Crippen LogP contribution in [-0.2, 0) is 14.3 Å². The highest BCUT2D eigenvalue weighted by Gasteiger charge is 2.34. The minimum Gasteiger partial charge on any atom is -0.497 e. The van der Waals surface area contributed by atoms with Crippen LogP contribution in [0.15, 0.2) is 35.5 Å². The first-order chi connectivity index (χ1) is 13.1. The van der Waals surface area contributed by atoms with E-state index in [1.807, 2.05) is 12.1 Å². The van der Waals surface area contributed by atoms with Gasteiger partial charge in [0.2, 0.25) is 0 Å². The number of esters is 1. The highest BCUT2D eigenvalue weighted by atomic mass is 16.5. The lowest BCUT2D eigenvalue weighted by Gasteiger charge is -2.33. The summed E-state index contributed by atoms with van der Waals surface area (Å²) in [5.41, 5.74) is 1.78. The molecule has 1 aromatic carbocycles. The molecule has 1 aromatic rings. The van der Waals surface area contributed by atoms with Gasteiger partial charge in [0, 0.05) is 25.3 Å². The third kappa shape index (κ3) is 4.58. The van der Waals surface area contributed by atoms with Crippen LogP contribution in [0.2, 0.25) is 0 Å². The van der Waals surface area contributed by atoms with E-state index in [4.69, 9.17) is 14.2 Å². The maximum Gasteiger partial charge on any atom is 0.338 e. The third-order valence-electron chi connectivity index (χ3n) is 4.58. The van der Waals surface area contributed by atoms with Gasteiger partial charge in [-0.1, -0.05) is 12.1 Å². The number of benzene rings is 1. The van der Waals surface area contributed by atoms with E-state index in [1.54, 1.807) is 26.2 Å². The van der Waals surface area contributed by atoms with Crippen molar-refractivity contribution in [1.29, 1.82) is 0 Å². The molecule has 27 heavy (non-hydrogen) atoms. The maximum atomic E-state index is 12.7. The lowest BCUT2D eigenvalue weighted by molar-refractivity contribution is -0.139. The molecule has 1 atom stereocenters. The Morgan fingerprint density at radius 2 is 1.96 bits per heavy atom. The normalized spacial score (nSPS) is 20.7. The predicted molar refractivity (Wildman–Crippen MR) is 98.3 cm³/mol. The molecule has 0 aliphatic carbocycles. The summed E-state index contributed by atoms with van der Waals surface area (Å²) >= 11 is 0. The Morgan fingerprint density at radius 3 is 2.59 bits per heavy atom. The molecule has 8 heteroatoms. The lowest BCUT2D eigenvalue weighted by atomic mass is 9.95. The smallest absolute Gasteiger partial charge is 0.338 e. The van der Waals surface area contributed by atoms with Crippen molar-refractivity contribution in [2.75, 3.05) is 46.6 Å². The Morgan fingerprint density at radius 1 is 1.26 bits per heavy atom. The van der Waals surface area contributed by atoms with E-state index in [0.717, 1.165) is 18.7 Å². The van der Waals surface area contributed by atoms with E-state index >= 15 is 0 Å². The van der Waals surface area contributed by atoms with Crippen molar-refractivity contribution < 1.29 is 23.8 Å². The fourth-order valence-electron chi connectivity index (χ4n) is 3.22. The van der Waals surface area contributed by atoms with Crippen molar-refractivity contribution in [2.45, 2.75) is 13.0 Å². The Labute approximate surface area is 158 Å². The summed E-state index contributed by atoms with van der Waals surface area (Å²) in [6.07, 6.45) is 0. The number of carbonyl (C=O) groups is 2. The molecular weight excluding hydrogens is 350 g/mol. The van der Waals surface area contributed by atoms with Gasteiger partial charge < -0.3 is 24.8 Å². The molecule has 1 fully saturated rings. The second kappa shape index (κ2) is 8.88. The van der Waals surface area contributed by atoms with Crippen LogP contribution in [-0.4, -0.2) is 63.5 Å². The number of hydrogen-bond acceptors (Lipinski definition) is 6. The van der Waals surface area contributed by atoms with Crippen LogP contribution in [0.3, 0.4) is 0 Å². The number of urea groups is 1. The Hall–Kier alpha value is -2.58. The zero-order valence-electron chi connectivity index (χ0n) is 15.6. The maximum absolute atomic E-state index is 12.7. The molecule has 3 rings (SSSR count). The van der Waals surface area contributed by atoms with Crippen molar-refractivity contribution in [3.63, 3.8) is 0 Å². The molecule has 8 nitrogen and oxygen atoms in total. The van der Waals surface area contributed by atoms with Gasteiger partial charge >= 0.3 is 12.0 Å². The van der Waals surface area contributed by atoms with Crippen LogP contribution in [0, 0.1) is 0 Å². The summed E-state index contributed by atoms with van der Waals surface area (Å²) in [6, 6.07) is 6.34. The minimum atomic E-state index is -0.584. The monoisotopic (exact) mass is 375 g/mol. The molecular formula is C19H25N3O5. The quantitative estimate of drug-likeness (QED) is 0.727. The summed E-state index contributed by atoms with van der Waals surface area (Å²) in [5.74, 6) is 0.267. The van der Waals surface area contributed by atoms with Gasteiger partial charge in [0.15, 0.2) is 0 Å². The first-order valence-corrected chi connectivity index (χ1v) is 9.04. The predicted octanol–water partition coefficient (Wildman–Crippen LogP) is 1.20. The average molecular weight is 375 g/mol. The fourth-order valence-corrected chi connectivity index (χ4v) is 3.22. The van der Waals surface area contributed by atoms with Crippen LogP contribution in [0.5, 0.6) is 5.75 Å². The van der Waals surface area contributed by atoms with E-state index in [-0.39, 0.29) is 12.6 Å². The highest BCUT2D eigenvalue weighted by molar-refractivity contribution is 5.95. The van der Waals surface area contributed by atoms with E-state index in [9.17, 15) is 9.59 Å². The summed E-state index contributed by atoms with van der Waals surface area (Å²) < 4.78 is 15.8. The van der Waals surface area contributed by atoms with Gasteiger partial charge in [-0.25, -0.2) is 9.59 Å². The number of morpholine rings is 1. The Kier molecular flexibility index (Phi) is 6.31. The number of methoxy groups -OCH3 is 1. The minimum absolute atomic E-state index is 0.260. The van der Waals surface area contributed by atoms with Crippen molar-refractivity contribution in [3.8, 4) is 5.75 Å². The number of ether oxygens (including phenoxy) is 3. The molecule has 2 aliphatic heterocycles. The zero-order valence-corrected chi connectivity index (χ0v) is 15.6. The molecule has 0 bridgehead atoms. The third-order valence-corrected chi connectivity index (χ3v) is 4.58. The SMILES string of the molecule is CCOC(=O)C1=C(CN2CCOCC2)NC(=O)NC1c1ccc(OC)cc1. The number of carbonyl (C=O) groups excluding carboxylic acids is 2. The van der Waals surface area contributed by atoms with Gasteiger partial charge in [-0.15, -0.1) is 0 Å². The fraction of sp³-hybridized carbons (Fsp3) is 0.474. The van der Waals surface area contributed by atoms with Crippen LogP contribution >= 0.6 is 0 Å². The van der Waals surface area contributed by atoms with Gasteiger partial charge in [0.1, 0.15) is 5.75 Å². The lowest BCUT2D eigenvalue weighted by Crippen LogP contribution is -2.49. The molecule has 146 valence electrons. The molecule has 0 spiro atoms. The molecule has 0 aromatic heterocycles. The van der Waals surface area contributed by atoms with Crippen molar-refractivity contribution in [3.05, 3.63) is 41.1 Å². The van der Waals surface area contributed by atoms with Crippen molar-refractivity contribution >= 4 is 12.0 Å². The Balaban J connectivity index is 1.95. The molecule has 2 amide bonds. The molecule has 2 N–H and O–H groups in total. The summed E-state index contributed by atoms with van der Waals surface area (Å²) in [7, 11) is 1.59. The zero-order chi connectivity index (χ0) is 19.2. The van der Waals surface area contributed by atoms with E-state index in [2.05, 4.69) is 15.5 Å². The van der Waals surface area contributed by atoms with Gasteiger partial charge in [-0.05, 0) is 24.6 Å². The molecule has 2 heterocycles. The van der Waals surface area contributed by atoms with E-state index < -0.39 is 12.0 Å². The average Bonchev–Trinajstić information content (AvgIpc) is 2.68. The van der Waals surface area contributed by atoms with Crippen molar-refractivity contribution in [2.24, 2.45) is 0 Å². The van der Waals surface area contributed by atoms with E-state index in [1.165, 1.54) is 0 Å². The number of hydrogen-bond donors (Lipinski definition) is 2. The highest BCUT2D eigenvalue weighted by Crippen LogP contribution is 2.29. The number of amides is 2. The second-order valence-electron chi connectivity index (χ2n) is 6.31. The van der Waals surface area contributed by atoms with Crippen molar-refractivity contribution in [1.82, 2.24) is 15.5 Å². The molecule has 1 unspecified atom stereocenters. The second-order valence-corrected chi connectivity index (χ2v) is 6.31. The van der Waals surface area contributed by atoms with Gasteiger partial charge in [0.25, 0.3) is 0 Å². The van der Waals surface area contributed by atoms with Crippen LogP contribution in [0.1, 0.15) is 18.5 Å². The topological polar surface area (TPSA) is 89.1 Å².